The van der Waals surface area contributed by atoms with E-state index < -0.39 is 11.8 Å². The molecular weight excluding hydrogens is 433 g/mol. The maximum absolute atomic E-state index is 13.5. The average molecular weight is 453 g/mol. The van der Waals surface area contributed by atoms with Gasteiger partial charge in [0.05, 0.1) is 18.0 Å². The molecule has 0 spiro atoms. The molecule has 8 nitrogen and oxygen atoms in total. The van der Waals surface area contributed by atoms with E-state index in [4.69, 9.17) is 4.74 Å². The van der Waals surface area contributed by atoms with E-state index in [0.29, 0.717) is 40.8 Å². The Morgan fingerprint density at radius 2 is 2.00 bits per heavy atom. The third kappa shape index (κ3) is 4.75. The Labute approximate surface area is 187 Å². The molecular formula is C22H20FN5O3S. The molecule has 0 unspecified atom stereocenters. The summed E-state index contributed by atoms with van der Waals surface area (Å²) in [7, 11) is 0. The number of ether oxygens (including phenoxy) is 1. The van der Waals surface area contributed by atoms with Crippen LogP contribution in [0.2, 0.25) is 0 Å². The highest BCUT2D eigenvalue weighted by Gasteiger charge is 2.16. The van der Waals surface area contributed by atoms with Gasteiger partial charge in [-0.05, 0) is 31.2 Å². The number of hydrogen-bond donors (Lipinski definition) is 2. The van der Waals surface area contributed by atoms with E-state index in [1.807, 2.05) is 12.3 Å². The second-order valence-corrected chi connectivity index (χ2v) is 7.59. The van der Waals surface area contributed by atoms with Gasteiger partial charge in [-0.2, -0.15) is 4.98 Å². The molecule has 2 heterocycles. The van der Waals surface area contributed by atoms with E-state index >= 15 is 0 Å². The molecule has 0 aliphatic rings. The van der Waals surface area contributed by atoms with Gasteiger partial charge in [0.25, 0.3) is 0 Å². The summed E-state index contributed by atoms with van der Waals surface area (Å²) in [6, 6.07) is 13.0. The molecule has 2 N–H and O–H groups in total. The lowest BCUT2D eigenvalue weighted by Crippen LogP contribution is -2.36. The summed E-state index contributed by atoms with van der Waals surface area (Å²) in [6.45, 7) is 2.51. The van der Waals surface area contributed by atoms with E-state index in [1.165, 1.54) is 23.5 Å². The van der Waals surface area contributed by atoms with Crippen molar-refractivity contribution < 1.29 is 18.7 Å². The Morgan fingerprint density at radius 1 is 1.16 bits per heavy atom. The number of nitrogens with zero attached hydrogens (tertiary/aromatic N) is 3. The number of aromatic nitrogens is 3. The highest BCUT2D eigenvalue weighted by Crippen LogP contribution is 2.24. The molecule has 0 fully saturated rings. The Hall–Kier alpha value is -3.79. The lowest BCUT2D eigenvalue weighted by Gasteiger charge is -2.11. The number of thiazole rings is 1. The number of halogens is 1. The zero-order valence-corrected chi connectivity index (χ0v) is 18.0. The van der Waals surface area contributed by atoms with Crippen molar-refractivity contribution in [3.63, 3.8) is 0 Å². The van der Waals surface area contributed by atoms with Gasteiger partial charge in [-0.3, -0.25) is 9.59 Å². The lowest BCUT2D eigenvalue weighted by atomic mass is 10.2. The van der Waals surface area contributed by atoms with Crippen LogP contribution in [0, 0.1) is 5.82 Å². The van der Waals surface area contributed by atoms with E-state index in [0.717, 1.165) is 5.69 Å². The quantitative estimate of drug-likeness (QED) is 0.419. The van der Waals surface area contributed by atoms with Crippen LogP contribution in [0.4, 0.5) is 10.1 Å². The minimum atomic E-state index is -0.776. The fraction of sp³-hybridized carbons (Fsp3) is 0.182. The molecule has 0 radical (unpaired) electrons. The first-order valence-corrected chi connectivity index (χ1v) is 10.8. The summed E-state index contributed by atoms with van der Waals surface area (Å²) >= 11 is 1.40. The van der Waals surface area contributed by atoms with Crippen molar-refractivity contribution in [2.45, 2.75) is 13.3 Å². The van der Waals surface area contributed by atoms with Crippen molar-refractivity contribution in [1.29, 1.82) is 0 Å². The first kappa shape index (κ1) is 21.4. The smallest absolute Gasteiger partial charge is 0.313 e. The number of anilines is 1. The summed E-state index contributed by atoms with van der Waals surface area (Å²) in [4.78, 5) is 29.5. The van der Waals surface area contributed by atoms with Crippen LogP contribution >= 0.6 is 11.3 Å². The first-order valence-electron chi connectivity index (χ1n) is 9.95. The van der Waals surface area contributed by atoms with Crippen LogP contribution in [-0.4, -0.2) is 39.6 Å². The average Bonchev–Trinajstić information content (AvgIpc) is 3.37. The summed E-state index contributed by atoms with van der Waals surface area (Å²) in [5, 5.41) is 11.5. The van der Waals surface area contributed by atoms with Crippen molar-refractivity contribution in [1.82, 2.24) is 19.9 Å². The summed E-state index contributed by atoms with van der Waals surface area (Å²) in [5.41, 5.74) is 1.84. The monoisotopic (exact) mass is 453 g/mol. The fourth-order valence-electron chi connectivity index (χ4n) is 3.06. The van der Waals surface area contributed by atoms with Gasteiger partial charge in [-0.15, -0.1) is 16.4 Å². The van der Waals surface area contributed by atoms with Gasteiger partial charge in [0, 0.05) is 23.9 Å². The van der Waals surface area contributed by atoms with Gasteiger partial charge in [0.2, 0.25) is 4.96 Å². The Kier molecular flexibility index (Phi) is 6.41. The third-order valence-corrected chi connectivity index (χ3v) is 5.41. The first-order chi connectivity index (χ1) is 15.5. The van der Waals surface area contributed by atoms with Gasteiger partial charge in [0.15, 0.2) is 5.82 Å². The largest absolute Gasteiger partial charge is 0.492 e. The standard InChI is InChI=1S/C22H20FN5O3S/c1-2-31-18-9-4-3-8-17(18)25-21(30)20(29)24-11-10-16-13-32-22-26-19(27-28(16)22)14-6-5-7-15(23)12-14/h3-9,12-13H,2,10-11H2,1H3,(H,24,29)(H,25,30). The molecule has 4 rings (SSSR count). The minimum Gasteiger partial charge on any atom is -0.492 e. The fourth-order valence-corrected chi connectivity index (χ4v) is 3.92. The Bertz CT molecular complexity index is 1270. The molecule has 32 heavy (non-hydrogen) atoms. The van der Waals surface area contributed by atoms with E-state index in [9.17, 15) is 14.0 Å². The van der Waals surface area contributed by atoms with Gasteiger partial charge >= 0.3 is 11.8 Å². The van der Waals surface area contributed by atoms with Crippen LogP contribution in [0.15, 0.2) is 53.9 Å². The highest BCUT2D eigenvalue weighted by atomic mass is 32.1. The third-order valence-electron chi connectivity index (χ3n) is 4.54. The Balaban J connectivity index is 1.36. The molecule has 2 amide bonds. The minimum absolute atomic E-state index is 0.236. The summed E-state index contributed by atoms with van der Waals surface area (Å²) < 4.78 is 20.6. The van der Waals surface area contributed by atoms with Crippen LogP contribution in [0.3, 0.4) is 0 Å². The van der Waals surface area contributed by atoms with E-state index in [2.05, 4.69) is 20.7 Å². The second kappa shape index (κ2) is 9.56. The zero-order chi connectivity index (χ0) is 22.5. The lowest BCUT2D eigenvalue weighted by molar-refractivity contribution is -0.136. The molecule has 0 aliphatic heterocycles. The summed E-state index contributed by atoms with van der Waals surface area (Å²) in [5.74, 6) is -0.958. The number of benzene rings is 2. The van der Waals surface area contributed by atoms with Crippen molar-refractivity contribution in [3.8, 4) is 17.1 Å². The molecule has 10 heteroatoms. The molecule has 0 saturated carbocycles. The number of nitrogens with one attached hydrogen (secondary N) is 2. The second-order valence-electron chi connectivity index (χ2n) is 6.76. The topological polar surface area (TPSA) is 97.6 Å². The molecule has 2 aromatic heterocycles. The van der Waals surface area contributed by atoms with Crippen LogP contribution < -0.4 is 15.4 Å². The molecule has 0 saturated heterocycles. The van der Waals surface area contributed by atoms with Crippen LogP contribution in [0.5, 0.6) is 5.75 Å². The molecule has 2 aromatic carbocycles. The predicted octanol–water partition coefficient (Wildman–Crippen LogP) is 3.29. The number of hydrogen-bond acceptors (Lipinski definition) is 6. The van der Waals surface area contributed by atoms with Crippen molar-refractivity contribution in [2.24, 2.45) is 0 Å². The van der Waals surface area contributed by atoms with Crippen molar-refractivity contribution in [2.75, 3.05) is 18.5 Å². The van der Waals surface area contributed by atoms with Gasteiger partial charge < -0.3 is 15.4 Å². The van der Waals surface area contributed by atoms with Crippen molar-refractivity contribution in [3.05, 3.63) is 65.4 Å². The highest BCUT2D eigenvalue weighted by molar-refractivity contribution is 7.15. The van der Waals surface area contributed by atoms with Gasteiger partial charge in [-0.25, -0.2) is 8.91 Å². The van der Waals surface area contributed by atoms with Crippen LogP contribution in [0.1, 0.15) is 12.6 Å². The number of para-hydroxylation sites is 2. The predicted molar refractivity (Wildman–Crippen MR) is 119 cm³/mol. The Morgan fingerprint density at radius 3 is 2.81 bits per heavy atom. The number of fused-ring (bicyclic) bond motifs is 1. The van der Waals surface area contributed by atoms with E-state index in [1.54, 1.807) is 40.9 Å². The maximum Gasteiger partial charge on any atom is 0.313 e. The van der Waals surface area contributed by atoms with Gasteiger partial charge in [-0.1, -0.05) is 24.3 Å². The molecule has 0 atom stereocenters. The number of carbonyl (C=O) groups is 2. The van der Waals surface area contributed by atoms with Crippen LogP contribution in [-0.2, 0) is 16.0 Å². The van der Waals surface area contributed by atoms with Crippen LogP contribution in [0.25, 0.3) is 16.3 Å². The molecule has 4 aromatic rings. The number of carbonyl (C=O) groups excluding carboxylic acids is 2. The zero-order valence-electron chi connectivity index (χ0n) is 17.2. The van der Waals surface area contributed by atoms with E-state index in [-0.39, 0.29) is 12.4 Å². The maximum atomic E-state index is 13.5. The molecule has 0 aliphatic carbocycles. The molecule has 0 bridgehead atoms. The number of amides is 2. The summed E-state index contributed by atoms with van der Waals surface area (Å²) in [6.07, 6.45) is 0.445. The van der Waals surface area contributed by atoms with Crippen molar-refractivity contribution >= 4 is 33.8 Å². The van der Waals surface area contributed by atoms with Gasteiger partial charge in [0.1, 0.15) is 11.6 Å². The number of rotatable bonds is 7. The SMILES string of the molecule is CCOc1ccccc1NC(=O)C(=O)NCCc1csc2nc(-c3cccc(F)c3)nn12. The molecule has 164 valence electrons. The normalized spacial score (nSPS) is 10.8.